The molecule has 0 aliphatic heterocycles. The molecule has 0 fully saturated rings. The average molecular weight is 518 g/mol. The van der Waals surface area contributed by atoms with Crippen molar-refractivity contribution < 1.29 is 14.5 Å². The number of hydrogen-bond donors (Lipinski definition) is 1. The molecule has 0 aliphatic rings. The highest BCUT2D eigenvalue weighted by Gasteiger charge is 2.23. The van der Waals surface area contributed by atoms with Crippen LogP contribution in [0.1, 0.15) is 29.4 Å². The predicted molar refractivity (Wildman–Crippen MR) is 144 cm³/mol. The second-order valence-corrected chi connectivity index (χ2v) is 9.89. The molecule has 1 unspecified atom stereocenters. The molecule has 1 atom stereocenters. The zero-order chi connectivity index (χ0) is 26.5. The zero-order valence-corrected chi connectivity index (χ0v) is 21.8. The number of hydrogen-bond acceptors (Lipinski definition) is 7. The van der Waals surface area contributed by atoms with Gasteiger partial charge in [-0.25, -0.2) is 0 Å². The van der Waals surface area contributed by atoms with Gasteiger partial charge in [0.2, 0.25) is 5.91 Å². The Bertz CT molecular complexity index is 1440. The molecule has 0 radical (unpaired) electrons. The third-order valence-corrected chi connectivity index (χ3v) is 6.84. The Labute approximate surface area is 219 Å². The molecule has 9 nitrogen and oxygen atoms in total. The summed E-state index contributed by atoms with van der Waals surface area (Å²) in [6.07, 6.45) is 0.577. The van der Waals surface area contributed by atoms with Crippen molar-refractivity contribution in [1.29, 1.82) is 0 Å². The summed E-state index contributed by atoms with van der Waals surface area (Å²) in [5.74, 6) is 0.747. The van der Waals surface area contributed by atoms with E-state index in [2.05, 4.69) is 21.6 Å². The number of aromatic nitrogens is 3. The highest BCUT2D eigenvalue weighted by Crippen LogP contribution is 2.32. The van der Waals surface area contributed by atoms with E-state index in [0.29, 0.717) is 17.3 Å². The minimum Gasteiger partial charge on any atom is -0.495 e. The Morgan fingerprint density at radius 3 is 2.54 bits per heavy atom. The highest BCUT2D eigenvalue weighted by atomic mass is 32.2. The standard InChI is InChI=1S/C27H27N5O4S/c1-17-10-12-23(18(2)14-17)31-25(15-20-8-6-5-7-9-20)29-30-27(31)37-19(3)26(33)28-22-16-21(32(34)35)11-13-24(22)36-4/h5-14,16,19H,15H2,1-4H3,(H,28,33). The number of methoxy groups -OCH3 is 1. The Morgan fingerprint density at radius 2 is 1.86 bits per heavy atom. The zero-order valence-electron chi connectivity index (χ0n) is 21.0. The van der Waals surface area contributed by atoms with Gasteiger partial charge in [-0.3, -0.25) is 19.5 Å². The molecule has 0 saturated heterocycles. The van der Waals surface area contributed by atoms with Crippen LogP contribution in [0.15, 0.2) is 71.9 Å². The van der Waals surface area contributed by atoms with Gasteiger partial charge in [-0.05, 0) is 44.0 Å². The number of anilines is 1. The first-order valence-corrected chi connectivity index (χ1v) is 12.5. The van der Waals surface area contributed by atoms with Crippen LogP contribution in [0.5, 0.6) is 5.75 Å². The van der Waals surface area contributed by atoms with E-state index in [1.807, 2.05) is 60.9 Å². The maximum atomic E-state index is 13.1. The molecule has 0 aliphatic carbocycles. The first kappa shape index (κ1) is 25.9. The summed E-state index contributed by atoms with van der Waals surface area (Å²) < 4.78 is 7.26. The number of nitrogens with one attached hydrogen (secondary N) is 1. The number of benzene rings is 3. The van der Waals surface area contributed by atoms with Crippen molar-refractivity contribution in [3.8, 4) is 11.4 Å². The fourth-order valence-corrected chi connectivity index (χ4v) is 4.80. The van der Waals surface area contributed by atoms with Crippen molar-refractivity contribution in [3.63, 3.8) is 0 Å². The van der Waals surface area contributed by atoms with Crippen LogP contribution in [0.3, 0.4) is 0 Å². The summed E-state index contributed by atoms with van der Waals surface area (Å²) in [5, 5.41) is 22.9. The molecule has 0 spiro atoms. The summed E-state index contributed by atoms with van der Waals surface area (Å²) in [5.41, 5.74) is 4.34. The van der Waals surface area contributed by atoms with E-state index in [0.717, 1.165) is 28.2 Å². The van der Waals surface area contributed by atoms with E-state index >= 15 is 0 Å². The fraction of sp³-hybridized carbons (Fsp3) is 0.222. The van der Waals surface area contributed by atoms with Crippen molar-refractivity contribution in [1.82, 2.24) is 14.8 Å². The van der Waals surface area contributed by atoms with Crippen LogP contribution in [-0.2, 0) is 11.2 Å². The molecular weight excluding hydrogens is 490 g/mol. The van der Waals surface area contributed by atoms with E-state index in [9.17, 15) is 14.9 Å². The van der Waals surface area contributed by atoms with Gasteiger partial charge in [-0.1, -0.05) is 59.8 Å². The summed E-state index contributed by atoms with van der Waals surface area (Å²) in [4.78, 5) is 23.8. The highest BCUT2D eigenvalue weighted by molar-refractivity contribution is 8.00. The van der Waals surface area contributed by atoms with Gasteiger partial charge in [0, 0.05) is 18.6 Å². The normalized spacial score (nSPS) is 11.7. The Balaban J connectivity index is 1.63. The second-order valence-electron chi connectivity index (χ2n) is 8.58. The van der Waals surface area contributed by atoms with Crippen LogP contribution >= 0.6 is 11.8 Å². The molecule has 1 heterocycles. The van der Waals surface area contributed by atoms with Gasteiger partial charge in [0.15, 0.2) is 5.16 Å². The van der Waals surface area contributed by atoms with Crippen molar-refractivity contribution in [2.24, 2.45) is 0 Å². The van der Waals surface area contributed by atoms with Gasteiger partial charge in [0.05, 0.1) is 28.7 Å². The molecule has 10 heteroatoms. The summed E-state index contributed by atoms with van der Waals surface area (Å²) >= 11 is 1.26. The molecule has 1 N–H and O–H groups in total. The predicted octanol–water partition coefficient (Wildman–Crippen LogP) is 5.51. The number of aryl methyl sites for hydroxylation is 2. The topological polar surface area (TPSA) is 112 Å². The van der Waals surface area contributed by atoms with E-state index < -0.39 is 10.2 Å². The number of carbonyl (C=O) groups excluding carboxylic acids is 1. The smallest absolute Gasteiger partial charge is 0.271 e. The minimum absolute atomic E-state index is 0.142. The van der Waals surface area contributed by atoms with E-state index in [1.54, 1.807) is 6.92 Å². The largest absolute Gasteiger partial charge is 0.495 e. The number of carbonyl (C=O) groups is 1. The molecule has 1 amide bonds. The third-order valence-electron chi connectivity index (χ3n) is 5.80. The van der Waals surface area contributed by atoms with Gasteiger partial charge < -0.3 is 10.1 Å². The van der Waals surface area contributed by atoms with Crippen LogP contribution in [0.4, 0.5) is 11.4 Å². The van der Waals surface area contributed by atoms with Crippen molar-refractivity contribution in [2.45, 2.75) is 37.6 Å². The van der Waals surface area contributed by atoms with Crippen LogP contribution in [0.25, 0.3) is 5.69 Å². The van der Waals surface area contributed by atoms with E-state index in [1.165, 1.54) is 37.1 Å². The van der Waals surface area contributed by atoms with Gasteiger partial charge >= 0.3 is 0 Å². The molecule has 0 saturated carbocycles. The SMILES string of the molecule is COc1ccc([N+](=O)[O-])cc1NC(=O)C(C)Sc1nnc(Cc2ccccc2)n1-c1ccc(C)cc1C. The van der Waals surface area contributed by atoms with Crippen molar-refractivity contribution >= 4 is 29.0 Å². The molecule has 3 aromatic carbocycles. The van der Waals surface area contributed by atoms with Crippen LogP contribution in [0, 0.1) is 24.0 Å². The lowest BCUT2D eigenvalue weighted by molar-refractivity contribution is -0.384. The maximum absolute atomic E-state index is 13.1. The van der Waals surface area contributed by atoms with Gasteiger partial charge in [0.1, 0.15) is 11.6 Å². The molecular formula is C27H27N5O4S. The van der Waals surface area contributed by atoms with Gasteiger partial charge in [-0.2, -0.15) is 0 Å². The molecule has 4 aromatic rings. The Kier molecular flexibility index (Phi) is 7.88. The van der Waals surface area contributed by atoms with E-state index in [4.69, 9.17) is 4.74 Å². The Morgan fingerprint density at radius 1 is 1.11 bits per heavy atom. The first-order chi connectivity index (χ1) is 17.8. The number of thioether (sulfide) groups is 1. The van der Waals surface area contributed by atoms with Crippen molar-refractivity contribution in [3.05, 3.63) is 99.4 Å². The molecule has 4 rings (SSSR count). The summed E-state index contributed by atoms with van der Waals surface area (Å²) in [7, 11) is 1.44. The lowest BCUT2D eigenvalue weighted by Gasteiger charge is -2.16. The summed E-state index contributed by atoms with van der Waals surface area (Å²) in [6.45, 7) is 5.83. The second kappa shape index (κ2) is 11.3. The number of nitro groups is 1. The molecule has 190 valence electrons. The quantitative estimate of drug-likeness (QED) is 0.177. The number of non-ortho nitro benzene ring substituents is 1. The van der Waals surface area contributed by atoms with Crippen molar-refractivity contribution in [2.75, 3.05) is 12.4 Å². The van der Waals surface area contributed by atoms with Gasteiger partial charge in [-0.15, -0.1) is 10.2 Å². The number of nitro benzene ring substituents is 1. The van der Waals surface area contributed by atoms with E-state index in [-0.39, 0.29) is 17.3 Å². The lowest BCUT2D eigenvalue weighted by atomic mass is 10.1. The first-order valence-electron chi connectivity index (χ1n) is 11.6. The number of amides is 1. The molecule has 0 bridgehead atoms. The summed E-state index contributed by atoms with van der Waals surface area (Å²) in [6, 6.07) is 20.2. The fourth-order valence-electron chi connectivity index (χ4n) is 3.92. The van der Waals surface area contributed by atoms with Crippen LogP contribution < -0.4 is 10.1 Å². The average Bonchev–Trinajstić information content (AvgIpc) is 3.25. The number of rotatable bonds is 9. The minimum atomic E-state index is -0.581. The number of ether oxygens (including phenoxy) is 1. The maximum Gasteiger partial charge on any atom is 0.271 e. The number of nitrogens with zero attached hydrogens (tertiary/aromatic N) is 4. The van der Waals surface area contributed by atoms with Gasteiger partial charge in [0.25, 0.3) is 5.69 Å². The van der Waals surface area contributed by atoms with Crippen LogP contribution in [0.2, 0.25) is 0 Å². The third kappa shape index (κ3) is 5.97. The molecule has 37 heavy (non-hydrogen) atoms. The monoisotopic (exact) mass is 517 g/mol. The lowest BCUT2D eigenvalue weighted by Crippen LogP contribution is -2.23. The Hall–Kier alpha value is -4.18. The molecule has 1 aromatic heterocycles. The van der Waals surface area contributed by atoms with Crippen LogP contribution in [-0.4, -0.2) is 38.0 Å².